The minimum Gasteiger partial charge on any atom is -0.290 e. The van der Waals surface area contributed by atoms with Crippen molar-refractivity contribution in [2.45, 2.75) is 54.4 Å². The molecule has 0 atom stereocenters. The van der Waals surface area contributed by atoms with Crippen molar-refractivity contribution in [3.63, 3.8) is 0 Å². The fourth-order valence-electron chi connectivity index (χ4n) is 2.69. The minimum absolute atomic E-state index is 0.414. The quantitative estimate of drug-likeness (QED) is 0.729. The van der Waals surface area contributed by atoms with Gasteiger partial charge in [0.25, 0.3) is 0 Å². The molecule has 17 heavy (non-hydrogen) atoms. The summed E-state index contributed by atoms with van der Waals surface area (Å²) < 4.78 is 0. The predicted octanol–water partition coefficient (Wildman–Crippen LogP) is 3.43. The molecule has 0 aromatic carbocycles. The number of rotatable bonds is 2. The van der Waals surface area contributed by atoms with Crippen molar-refractivity contribution in [3.8, 4) is 0 Å². The van der Waals surface area contributed by atoms with E-state index >= 15 is 0 Å². The Bertz CT molecular complexity index is 198. The fourth-order valence-corrected chi connectivity index (χ4v) is 2.69. The average molecular weight is 240 g/mol. The molecule has 0 saturated carbocycles. The molecule has 1 rings (SSSR count). The van der Waals surface area contributed by atoms with Gasteiger partial charge < -0.3 is 0 Å². The van der Waals surface area contributed by atoms with Gasteiger partial charge in [-0.3, -0.25) is 9.80 Å². The summed E-state index contributed by atoms with van der Waals surface area (Å²) in [6.45, 7) is 20.2. The standard InChI is InChI=1S/C15H32N2/c1-14(2,3)11-16-9-7-8-10-17(13-16)12-15(4,5)6/h7-13H2,1-6H3. The second-order valence-electron chi connectivity index (χ2n) is 8.07. The molecular formula is C15H32N2. The van der Waals surface area contributed by atoms with Crippen LogP contribution in [0.1, 0.15) is 54.4 Å². The summed E-state index contributed by atoms with van der Waals surface area (Å²) in [5.74, 6) is 0. The highest BCUT2D eigenvalue weighted by Gasteiger charge is 2.23. The number of nitrogens with zero attached hydrogens (tertiary/aromatic N) is 2. The molecule has 2 heteroatoms. The first-order valence-electron chi connectivity index (χ1n) is 7.10. The van der Waals surface area contributed by atoms with Crippen LogP contribution in [0.5, 0.6) is 0 Å². The van der Waals surface area contributed by atoms with Gasteiger partial charge in [0.05, 0.1) is 6.67 Å². The highest BCUT2D eigenvalue weighted by atomic mass is 15.3. The van der Waals surface area contributed by atoms with Gasteiger partial charge in [-0.25, -0.2) is 0 Å². The topological polar surface area (TPSA) is 6.48 Å². The van der Waals surface area contributed by atoms with Crippen LogP contribution in [0.15, 0.2) is 0 Å². The maximum absolute atomic E-state index is 2.64. The summed E-state index contributed by atoms with van der Waals surface area (Å²) in [7, 11) is 0. The number of hydrogen-bond acceptors (Lipinski definition) is 2. The SMILES string of the molecule is CC(C)(C)CN1CCCCN(CC(C)(C)C)C1. The largest absolute Gasteiger partial charge is 0.290 e. The molecule has 1 heterocycles. The van der Waals surface area contributed by atoms with E-state index in [0.717, 1.165) is 6.67 Å². The lowest BCUT2D eigenvalue weighted by Crippen LogP contribution is -2.43. The van der Waals surface area contributed by atoms with Crippen LogP contribution in [0.2, 0.25) is 0 Å². The van der Waals surface area contributed by atoms with E-state index < -0.39 is 0 Å². The first-order valence-corrected chi connectivity index (χ1v) is 7.10. The zero-order valence-corrected chi connectivity index (χ0v) is 12.8. The van der Waals surface area contributed by atoms with E-state index in [1.54, 1.807) is 0 Å². The van der Waals surface area contributed by atoms with Crippen LogP contribution in [-0.4, -0.2) is 42.6 Å². The molecule has 0 unspecified atom stereocenters. The van der Waals surface area contributed by atoms with Crippen LogP contribution in [-0.2, 0) is 0 Å². The second kappa shape index (κ2) is 5.71. The third-order valence-corrected chi connectivity index (χ3v) is 2.99. The summed E-state index contributed by atoms with van der Waals surface area (Å²) in [6, 6.07) is 0. The third kappa shape index (κ3) is 7.05. The second-order valence-corrected chi connectivity index (χ2v) is 8.07. The molecule has 0 bridgehead atoms. The van der Waals surface area contributed by atoms with Crippen LogP contribution < -0.4 is 0 Å². The Balaban J connectivity index is 2.51. The van der Waals surface area contributed by atoms with E-state index in [1.165, 1.54) is 39.0 Å². The molecule has 0 aromatic heterocycles. The first kappa shape index (κ1) is 15.0. The van der Waals surface area contributed by atoms with Gasteiger partial charge in [-0.1, -0.05) is 41.5 Å². The maximum atomic E-state index is 2.64. The van der Waals surface area contributed by atoms with E-state index in [-0.39, 0.29) is 0 Å². The van der Waals surface area contributed by atoms with Gasteiger partial charge in [0.1, 0.15) is 0 Å². The lowest BCUT2D eigenvalue weighted by molar-refractivity contribution is 0.0939. The molecule has 1 aliphatic rings. The van der Waals surface area contributed by atoms with E-state index in [0.29, 0.717) is 10.8 Å². The van der Waals surface area contributed by atoms with Crippen molar-refractivity contribution in [2.75, 3.05) is 32.8 Å². The Hall–Kier alpha value is -0.0800. The molecule has 0 aliphatic carbocycles. The molecule has 0 amide bonds. The van der Waals surface area contributed by atoms with Crippen LogP contribution in [0.4, 0.5) is 0 Å². The summed E-state index contributed by atoms with van der Waals surface area (Å²) in [4.78, 5) is 5.28. The summed E-state index contributed by atoms with van der Waals surface area (Å²) in [5, 5.41) is 0. The molecule has 0 aromatic rings. The van der Waals surface area contributed by atoms with Gasteiger partial charge in [0.2, 0.25) is 0 Å². The smallest absolute Gasteiger partial charge is 0.0506 e. The van der Waals surface area contributed by atoms with E-state index in [1.807, 2.05) is 0 Å². The zero-order chi connectivity index (χ0) is 13.1. The van der Waals surface area contributed by atoms with E-state index in [2.05, 4.69) is 51.3 Å². The Morgan fingerprint density at radius 1 is 0.706 bits per heavy atom. The molecule has 0 radical (unpaired) electrons. The molecule has 0 spiro atoms. The van der Waals surface area contributed by atoms with Crippen LogP contribution >= 0.6 is 0 Å². The molecule has 1 fully saturated rings. The molecular weight excluding hydrogens is 208 g/mol. The Morgan fingerprint density at radius 3 is 1.35 bits per heavy atom. The normalized spacial score (nSPS) is 21.5. The Morgan fingerprint density at radius 2 is 1.06 bits per heavy atom. The Kier molecular flexibility index (Phi) is 5.03. The van der Waals surface area contributed by atoms with Crippen LogP contribution in [0, 0.1) is 10.8 Å². The van der Waals surface area contributed by atoms with Gasteiger partial charge in [-0.2, -0.15) is 0 Å². The average Bonchev–Trinajstić information content (AvgIpc) is 2.24. The highest BCUT2D eigenvalue weighted by molar-refractivity contribution is 4.75. The lowest BCUT2D eigenvalue weighted by Gasteiger charge is -2.35. The summed E-state index contributed by atoms with van der Waals surface area (Å²) in [5.41, 5.74) is 0.829. The first-order chi connectivity index (χ1) is 7.66. The zero-order valence-electron chi connectivity index (χ0n) is 12.8. The van der Waals surface area contributed by atoms with E-state index in [9.17, 15) is 0 Å². The molecule has 0 N–H and O–H groups in total. The molecule has 1 aliphatic heterocycles. The minimum atomic E-state index is 0.414. The van der Waals surface area contributed by atoms with Crippen molar-refractivity contribution in [1.82, 2.24) is 9.80 Å². The van der Waals surface area contributed by atoms with Gasteiger partial charge in [-0.15, -0.1) is 0 Å². The van der Waals surface area contributed by atoms with Crippen molar-refractivity contribution in [2.24, 2.45) is 10.8 Å². The van der Waals surface area contributed by atoms with Crippen LogP contribution in [0.3, 0.4) is 0 Å². The number of hydrogen-bond donors (Lipinski definition) is 0. The van der Waals surface area contributed by atoms with Gasteiger partial charge >= 0.3 is 0 Å². The van der Waals surface area contributed by atoms with Gasteiger partial charge in [0, 0.05) is 13.1 Å². The highest BCUT2D eigenvalue weighted by Crippen LogP contribution is 2.20. The Labute approximate surface area is 108 Å². The van der Waals surface area contributed by atoms with Crippen molar-refractivity contribution < 1.29 is 0 Å². The van der Waals surface area contributed by atoms with Crippen molar-refractivity contribution in [1.29, 1.82) is 0 Å². The molecule has 2 nitrogen and oxygen atoms in total. The summed E-state index contributed by atoms with van der Waals surface area (Å²) >= 11 is 0. The fraction of sp³-hybridized carbons (Fsp3) is 1.00. The summed E-state index contributed by atoms with van der Waals surface area (Å²) in [6.07, 6.45) is 2.72. The van der Waals surface area contributed by atoms with E-state index in [4.69, 9.17) is 0 Å². The maximum Gasteiger partial charge on any atom is 0.0506 e. The van der Waals surface area contributed by atoms with Crippen molar-refractivity contribution in [3.05, 3.63) is 0 Å². The molecule has 102 valence electrons. The van der Waals surface area contributed by atoms with Gasteiger partial charge in [0.15, 0.2) is 0 Å². The van der Waals surface area contributed by atoms with Crippen LogP contribution in [0.25, 0.3) is 0 Å². The van der Waals surface area contributed by atoms with Crippen molar-refractivity contribution >= 4 is 0 Å². The van der Waals surface area contributed by atoms with Gasteiger partial charge in [-0.05, 0) is 36.8 Å². The monoisotopic (exact) mass is 240 g/mol. The predicted molar refractivity (Wildman–Crippen MR) is 76.2 cm³/mol. The third-order valence-electron chi connectivity index (χ3n) is 2.99. The lowest BCUT2D eigenvalue weighted by atomic mass is 9.95. The molecule has 1 saturated heterocycles.